The van der Waals surface area contributed by atoms with Gasteiger partial charge in [0, 0.05) is 12.0 Å². The lowest BCUT2D eigenvalue weighted by Crippen LogP contribution is -2.46. The molecule has 1 rings (SSSR count). The molecule has 1 saturated carbocycles. The first-order valence-electron chi connectivity index (χ1n) is 7.12. The lowest BCUT2D eigenvalue weighted by atomic mass is 9.77. The summed E-state index contributed by atoms with van der Waals surface area (Å²) in [6.45, 7) is 10.3. The highest BCUT2D eigenvalue weighted by molar-refractivity contribution is 5.82. The molecule has 1 unspecified atom stereocenters. The number of nitrogens with one attached hydrogen (secondary N) is 1. The van der Waals surface area contributed by atoms with Gasteiger partial charge in [-0.05, 0) is 24.2 Å². The van der Waals surface area contributed by atoms with Crippen molar-refractivity contribution < 1.29 is 9.90 Å². The van der Waals surface area contributed by atoms with Gasteiger partial charge >= 0.3 is 0 Å². The fourth-order valence-corrected chi connectivity index (χ4v) is 2.56. The van der Waals surface area contributed by atoms with E-state index >= 15 is 0 Å². The van der Waals surface area contributed by atoms with Gasteiger partial charge in [0.1, 0.15) is 0 Å². The summed E-state index contributed by atoms with van der Waals surface area (Å²) < 4.78 is 0. The zero-order valence-electron chi connectivity index (χ0n) is 12.5. The minimum Gasteiger partial charge on any atom is -0.391 e. The maximum absolute atomic E-state index is 12.3. The summed E-state index contributed by atoms with van der Waals surface area (Å²) in [6, 6.07) is 0. The molecule has 1 atom stereocenters. The second-order valence-electron chi connectivity index (χ2n) is 7.29. The number of carbonyl (C=O) groups excluding carboxylic acids is 1. The number of hydrogen-bond donors (Lipinski definition) is 2. The molecule has 1 amide bonds. The summed E-state index contributed by atoms with van der Waals surface area (Å²) >= 11 is 0. The van der Waals surface area contributed by atoms with Gasteiger partial charge in [0.05, 0.1) is 6.10 Å². The number of amides is 1. The van der Waals surface area contributed by atoms with Crippen molar-refractivity contribution in [3.05, 3.63) is 0 Å². The maximum atomic E-state index is 12.3. The third kappa shape index (κ3) is 3.71. The Labute approximate surface area is 111 Å². The SMILES string of the molecule is CC(C)(C)C(O)CNC(=O)C(C)(C)C1CCCC1. The van der Waals surface area contributed by atoms with Crippen molar-refractivity contribution in [2.75, 3.05) is 6.54 Å². The van der Waals surface area contributed by atoms with E-state index in [0.29, 0.717) is 12.5 Å². The van der Waals surface area contributed by atoms with Crippen molar-refractivity contribution in [2.24, 2.45) is 16.7 Å². The highest BCUT2D eigenvalue weighted by atomic mass is 16.3. The largest absolute Gasteiger partial charge is 0.391 e. The van der Waals surface area contributed by atoms with Crippen molar-refractivity contribution in [3.8, 4) is 0 Å². The van der Waals surface area contributed by atoms with Crippen LogP contribution in [0.1, 0.15) is 60.3 Å². The molecule has 3 heteroatoms. The molecule has 0 heterocycles. The monoisotopic (exact) mass is 255 g/mol. The Morgan fingerprint density at radius 3 is 2.17 bits per heavy atom. The van der Waals surface area contributed by atoms with Gasteiger partial charge in [0.25, 0.3) is 0 Å². The van der Waals surface area contributed by atoms with Crippen LogP contribution in [0.5, 0.6) is 0 Å². The van der Waals surface area contributed by atoms with E-state index in [-0.39, 0.29) is 16.7 Å². The third-order valence-corrected chi connectivity index (χ3v) is 4.42. The van der Waals surface area contributed by atoms with Crippen LogP contribution < -0.4 is 5.32 Å². The normalized spacial score (nSPS) is 19.9. The topological polar surface area (TPSA) is 49.3 Å². The fourth-order valence-electron chi connectivity index (χ4n) is 2.56. The zero-order valence-corrected chi connectivity index (χ0v) is 12.5. The molecule has 2 N–H and O–H groups in total. The Bertz CT molecular complexity index is 285. The predicted molar refractivity (Wildman–Crippen MR) is 74.2 cm³/mol. The molecular weight excluding hydrogens is 226 g/mol. The minimum atomic E-state index is -0.499. The Kier molecular flexibility index (Phi) is 4.82. The number of hydrogen-bond acceptors (Lipinski definition) is 2. The van der Waals surface area contributed by atoms with Crippen molar-refractivity contribution >= 4 is 5.91 Å². The molecule has 0 saturated heterocycles. The van der Waals surface area contributed by atoms with Crippen molar-refractivity contribution in [1.82, 2.24) is 5.32 Å². The van der Waals surface area contributed by atoms with Crippen LogP contribution in [-0.4, -0.2) is 23.7 Å². The average molecular weight is 255 g/mol. The first kappa shape index (κ1) is 15.5. The van der Waals surface area contributed by atoms with Crippen LogP contribution in [0.4, 0.5) is 0 Å². The van der Waals surface area contributed by atoms with Crippen LogP contribution in [0.25, 0.3) is 0 Å². The summed E-state index contributed by atoms with van der Waals surface area (Å²) in [5.41, 5.74) is -0.501. The first-order chi connectivity index (χ1) is 8.15. The van der Waals surface area contributed by atoms with Crippen molar-refractivity contribution in [1.29, 1.82) is 0 Å². The van der Waals surface area contributed by atoms with E-state index in [1.54, 1.807) is 0 Å². The lowest BCUT2D eigenvalue weighted by molar-refractivity contribution is -0.132. The Balaban J connectivity index is 2.49. The summed E-state index contributed by atoms with van der Waals surface area (Å²) in [7, 11) is 0. The molecule has 0 bridgehead atoms. The molecule has 3 nitrogen and oxygen atoms in total. The second-order valence-corrected chi connectivity index (χ2v) is 7.29. The minimum absolute atomic E-state index is 0.0812. The van der Waals surface area contributed by atoms with E-state index < -0.39 is 6.10 Å². The maximum Gasteiger partial charge on any atom is 0.226 e. The molecule has 0 aromatic rings. The second kappa shape index (κ2) is 5.60. The van der Waals surface area contributed by atoms with Gasteiger partial charge in [0.2, 0.25) is 5.91 Å². The number of rotatable bonds is 4. The fraction of sp³-hybridized carbons (Fsp3) is 0.933. The molecule has 0 radical (unpaired) electrons. The van der Waals surface area contributed by atoms with Gasteiger partial charge in [-0.1, -0.05) is 47.5 Å². The van der Waals surface area contributed by atoms with E-state index in [9.17, 15) is 9.90 Å². The van der Waals surface area contributed by atoms with E-state index in [0.717, 1.165) is 12.8 Å². The quantitative estimate of drug-likeness (QED) is 0.811. The predicted octanol–water partition coefficient (Wildman–Crippen LogP) is 2.73. The van der Waals surface area contributed by atoms with Gasteiger partial charge in [-0.2, -0.15) is 0 Å². The standard InChI is InChI=1S/C15H29NO2/c1-14(2,3)12(17)10-16-13(18)15(4,5)11-8-6-7-9-11/h11-12,17H,6-10H2,1-5H3,(H,16,18). The van der Waals surface area contributed by atoms with Crippen LogP contribution in [-0.2, 0) is 4.79 Å². The van der Waals surface area contributed by atoms with Crippen LogP contribution in [0, 0.1) is 16.7 Å². The lowest BCUT2D eigenvalue weighted by Gasteiger charge is -2.32. The number of carbonyl (C=O) groups is 1. The van der Waals surface area contributed by atoms with Gasteiger partial charge in [-0.15, -0.1) is 0 Å². The smallest absolute Gasteiger partial charge is 0.226 e. The number of aliphatic hydroxyl groups excluding tert-OH is 1. The van der Waals surface area contributed by atoms with Gasteiger partial charge in [-0.25, -0.2) is 0 Å². The Morgan fingerprint density at radius 2 is 1.72 bits per heavy atom. The molecule has 0 aromatic heterocycles. The highest BCUT2D eigenvalue weighted by Gasteiger charge is 2.38. The molecule has 1 aliphatic rings. The van der Waals surface area contributed by atoms with Gasteiger partial charge in [-0.3, -0.25) is 4.79 Å². The van der Waals surface area contributed by atoms with Crippen molar-refractivity contribution in [3.63, 3.8) is 0 Å². The van der Waals surface area contributed by atoms with Crippen LogP contribution >= 0.6 is 0 Å². The molecular formula is C15H29NO2. The molecule has 106 valence electrons. The molecule has 0 aromatic carbocycles. The summed E-state index contributed by atoms with van der Waals surface area (Å²) in [5, 5.41) is 12.9. The molecule has 18 heavy (non-hydrogen) atoms. The number of aliphatic hydroxyl groups is 1. The first-order valence-corrected chi connectivity index (χ1v) is 7.12. The molecule has 1 aliphatic carbocycles. The summed E-state index contributed by atoms with van der Waals surface area (Å²) in [6.07, 6.45) is 4.29. The summed E-state index contributed by atoms with van der Waals surface area (Å²) in [5.74, 6) is 0.571. The average Bonchev–Trinajstić information content (AvgIpc) is 2.77. The van der Waals surface area contributed by atoms with Crippen LogP contribution in [0.2, 0.25) is 0 Å². The van der Waals surface area contributed by atoms with E-state index in [2.05, 4.69) is 5.32 Å². The Hall–Kier alpha value is -0.570. The van der Waals surface area contributed by atoms with Crippen LogP contribution in [0.3, 0.4) is 0 Å². The third-order valence-electron chi connectivity index (χ3n) is 4.42. The van der Waals surface area contributed by atoms with E-state index in [1.165, 1.54) is 12.8 Å². The molecule has 0 spiro atoms. The molecule has 1 fully saturated rings. The van der Waals surface area contributed by atoms with Gasteiger partial charge < -0.3 is 10.4 Å². The highest BCUT2D eigenvalue weighted by Crippen LogP contribution is 2.39. The zero-order chi connectivity index (χ0) is 14.0. The van der Waals surface area contributed by atoms with Gasteiger partial charge in [0.15, 0.2) is 0 Å². The Morgan fingerprint density at radius 1 is 1.22 bits per heavy atom. The van der Waals surface area contributed by atoms with E-state index in [1.807, 2.05) is 34.6 Å². The summed E-state index contributed by atoms with van der Waals surface area (Å²) in [4.78, 5) is 12.3. The molecule has 0 aliphatic heterocycles. The van der Waals surface area contributed by atoms with Crippen LogP contribution in [0.15, 0.2) is 0 Å². The van der Waals surface area contributed by atoms with E-state index in [4.69, 9.17) is 0 Å². The van der Waals surface area contributed by atoms with Crippen molar-refractivity contribution in [2.45, 2.75) is 66.4 Å².